The Morgan fingerprint density at radius 3 is 2.71 bits per heavy atom. The molecule has 200 valence electrons. The summed E-state index contributed by atoms with van der Waals surface area (Å²) in [6, 6.07) is 3.33. The molecule has 3 aliphatic heterocycles. The van der Waals surface area contributed by atoms with Gasteiger partial charge in [0.2, 0.25) is 0 Å². The number of halogens is 2. The number of amides is 2. The molecule has 38 heavy (non-hydrogen) atoms. The summed E-state index contributed by atoms with van der Waals surface area (Å²) >= 11 is 0. The highest BCUT2D eigenvalue weighted by Crippen LogP contribution is 2.43. The van der Waals surface area contributed by atoms with Crippen molar-refractivity contribution in [3.63, 3.8) is 0 Å². The van der Waals surface area contributed by atoms with E-state index in [1.807, 2.05) is 6.07 Å². The highest BCUT2D eigenvalue weighted by Gasteiger charge is 2.34. The normalized spacial score (nSPS) is 17.6. The third kappa shape index (κ3) is 4.38. The molecule has 0 unspecified atom stereocenters. The van der Waals surface area contributed by atoms with Gasteiger partial charge in [0.15, 0.2) is 0 Å². The number of hydrogen-bond donors (Lipinski definition) is 1. The van der Waals surface area contributed by atoms with Gasteiger partial charge in [0.05, 0.1) is 25.0 Å². The van der Waals surface area contributed by atoms with Crippen molar-refractivity contribution in [2.75, 3.05) is 31.7 Å². The number of hydrogen-bond acceptors (Lipinski definition) is 6. The predicted octanol–water partition coefficient (Wildman–Crippen LogP) is 4.45. The summed E-state index contributed by atoms with van der Waals surface area (Å²) in [5, 5.41) is 6.88. The van der Waals surface area contributed by atoms with Crippen LogP contribution < -0.4 is 10.2 Å². The molecule has 0 spiro atoms. The lowest BCUT2D eigenvalue weighted by Gasteiger charge is -2.33. The standard InChI is InChI=1S/C27H31F2N7O2/c1-30-27(37)35-14-21-22(15-35)32-25(16-5-8-38-9-6-16)33-26(21)36-7-3-4-17-10-19(18-12-31-34(2)13-18)20(24(28)29)11-23(17)36/h10-13,16,24H,3-9,14-15H2,1-2H3,(H,30,37). The van der Waals surface area contributed by atoms with Gasteiger partial charge in [-0.25, -0.2) is 23.5 Å². The van der Waals surface area contributed by atoms with Crippen LogP contribution in [0, 0.1) is 0 Å². The Hall–Kier alpha value is -3.60. The van der Waals surface area contributed by atoms with Crippen LogP contribution in [0.3, 0.4) is 0 Å². The first-order chi connectivity index (χ1) is 18.4. The van der Waals surface area contributed by atoms with E-state index in [0.29, 0.717) is 44.0 Å². The molecule has 0 atom stereocenters. The topological polar surface area (TPSA) is 88.4 Å². The number of carbonyl (C=O) groups excluding carboxylic acids is 1. The summed E-state index contributed by atoms with van der Waals surface area (Å²) < 4.78 is 36.0. The number of nitrogens with one attached hydrogen (secondary N) is 1. The van der Waals surface area contributed by atoms with Gasteiger partial charge in [0.1, 0.15) is 11.6 Å². The number of alkyl halides is 2. The van der Waals surface area contributed by atoms with Gasteiger partial charge in [0, 0.05) is 68.3 Å². The number of fused-ring (bicyclic) bond motifs is 2. The molecule has 1 saturated heterocycles. The molecule has 3 aromatic rings. The van der Waals surface area contributed by atoms with E-state index in [1.54, 1.807) is 42.1 Å². The summed E-state index contributed by atoms with van der Waals surface area (Å²) in [5.41, 5.74) is 4.62. The maximum atomic E-state index is 14.4. The molecule has 1 aromatic carbocycles. The van der Waals surface area contributed by atoms with E-state index in [1.165, 1.54) is 0 Å². The molecule has 11 heteroatoms. The third-order valence-corrected chi connectivity index (χ3v) is 7.74. The van der Waals surface area contributed by atoms with E-state index in [9.17, 15) is 13.6 Å². The van der Waals surface area contributed by atoms with E-state index in [2.05, 4.69) is 15.3 Å². The number of anilines is 2. The quantitative estimate of drug-likeness (QED) is 0.544. The summed E-state index contributed by atoms with van der Waals surface area (Å²) in [6.07, 6.45) is 4.05. The highest BCUT2D eigenvalue weighted by atomic mass is 19.3. The molecular formula is C27H31F2N7O2. The molecule has 0 saturated carbocycles. The highest BCUT2D eigenvalue weighted by molar-refractivity contribution is 5.78. The smallest absolute Gasteiger partial charge is 0.317 e. The molecule has 3 aliphatic rings. The maximum absolute atomic E-state index is 14.4. The minimum atomic E-state index is -2.64. The lowest BCUT2D eigenvalue weighted by Crippen LogP contribution is -2.34. The minimum Gasteiger partial charge on any atom is -0.381 e. The second kappa shape index (κ2) is 9.94. The van der Waals surface area contributed by atoms with Crippen LogP contribution in [0.1, 0.15) is 59.8 Å². The first-order valence-corrected chi connectivity index (χ1v) is 13.1. The number of nitrogens with zero attached hydrogens (tertiary/aromatic N) is 6. The Labute approximate surface area is 219 Å². The second-order valence-corrected chi connectivity index (χ2v) is 10.2. The number of urea groups is 1. The molecule has 1 fully saturated rings. The number of carbonyl (C=O) groups is 1. The average Bonchev–Trinajstić information content (AvgIpc) is 3.57. The van der Waals surface area contributed by atoms with Gasteiger partial charge in [0.25, 0.3) is 6.43 Å². The van der Waals surface area contributed by atoms with Crippen LogP contribution in [-0.2, 0) is 31.3 Å². The van der Waals surface area contributed by atoms with Crippen LogP contribution in [0.4, 0.5) is 25.1 Å². The van der Waals surface area contributed by atoms with Crippen molar-refractivity contribution < 1.29 is 18.3 Å². The summed E-state index contributed by atoms with van der Waals surface area (Å²) in [6.45, 7) is 2.74. The molecule has 6 rings (SSSR count). The molecule has 5 heterocycles. The molecule has 2 amide bonds. The van der Waals surface area contributed by atoms with Crippen LogP contribution >= 0.6 is 0 Å². The molecule has 2 aromatic heterocycles. The molecule has 0 aliphatic carbocycles. The average molecular weight is 524 g/mol. The van der Waals surface area contributed by atoms with Crippen molar-refractivity contribution in [2.45, 2.75) is 51.1 Å². The van der Waals surface area contributed by atoms with Crippen LogP contribution in [0.15, 0.2) is 24.5 Å². The van der Waals surface area contributed by atoms with Gasteiger partial charge in [-0.1, -0.05) is 0 Å². The van der Waals surface area contributed by atoms with Crippen molar-refractivity contribution in [3.05, 3.63) is 52.7 Å². The van der Waals surface area contributed by atoms with Crippen LogP contribution in [0.2, 0.25) is 0 Å². The second-order valence-electron chi connectivity index (χ2n) is 10.2. The molecule has 0 bridgehead atoms. The first-order valence-electron chi connectivity index (χ1n) is 13.1. The zero-order chi connectivity index (χ0) is 26.4. The van der Waals surface area contributed by atoms with Gasteiger partial charge in [-0.15, -0.1) is 0 Å². The van der Waals surface area contributed by atoms with Gasteiger partial charge in [-0.3, -0.25) is 4.68 Å². The summed E-state index contributed by atoms with van der Waals surface area (Å²) in [5.74, 6) is 1.63. The summed E-state index contributed by atoms with van der Waals surface area (Å²) in [7, 11) is 3.39. The van der Waals surface area contributed by atoms with Crippen molar-refractivity contribution in [1.82, 2.24) is 30.0 Å². The zero-order valence-electron chi connectivity index (χ0n) is 21.6. The number of ether oxygens (including phenoxy) is 1. The number of aromatic nitrogens is 4. The SMILES string of the molecule is CNC(=O)N1Cc2nc(C3CCOCC3)nc(N3CCCc4cc(-c5cnn(C)c5)c(C(F)F)cc43)c2C1. The van der Waals surface area contributed by atoms with E-state index in [-0.39, 0.29) is 17.5 Å². The fraction of sp³-hybridized carbons (Fsp3) is 0.481. The van der Waals surface area contributed by atoms with Gasteiger partial charge in [-0.05, 0) is 48.9 Å². The lowest BCUT2D eigenvalue weighted by atomic mass is 9.92. The monoisotopic (exact) mass is 523 g/mol. The van der Waals surface area contributed by atoms with Crippen LogP contribution in [0.5, 0.6) is 0 Å². The minimum absolute atomic E-state index is 0.0222. The largest absolute Gasteiger partial charge is 0.381 e. The van der Waals surface area contributed by atoms with Crippen LogP contribution in [0.25, 0.3) is 11.1 Å². The Morgan fingerprint density at radius 2 is 2.00 bits per heavy atom. The van der Waals surface area contributed by atoms with Crippen LogP contribution in [-0.4, -0.2) is 57.5 Å². The van der Waals surface area contributed by atoms with Gasteiger partial charge < -0.3 is 19.9 Å². The van der Waals surface area contributed by atoms with Gasteiger partial charge >= 0.3 is 6.03 Å². The molecule has 9 nitrogen and oxygen atoms in total. The zero-order valence-corrected chi connectivity index (χ0v) is 21.6. The third-order valence-electron chi connectivity index (χ3n) is 7.74. The van der Waals surface area contributed by atoms with E-state index >= 15 is 0 Å². The Morgan fingerprint density at radius 1 is 1.18 bits per heavy atom. The van der Waals surface area contributed by atoms with Gasteiger partial charge in [-0.2, -0.15) is 5.10 Å². The van der Waals surface area contributed by atoms with E-state index < -0.39 is 6.43 Å². The lowest BCUT2D eigenvalue weighted by molar-refractivity contribution is 0.0835. The maximum Gasteiger partial charge on any atom is 0.317 e. The van der Waals surface area contributed by atoms with Crippen molar-refractivity contribution >= 4 is 17.5 Å². The van der Waals surface area contributed by atoms with E-state index in [4.69, 9.17) is 14.7 Å². The molecule has 1 N–H and O–H groups in total. The molecule has 0 radical (unpaired) electrons. The summed E-state index contributed by atoms with van der Waals surface area (Å²) in [4.78, 5) is 26.2. The number of benzene rings is 1. The fourth-order valence-corrected chi connectivity index (χ4v) is 5.78. The Bertz CT molecular complexity index is 1370. The van der Waals surface area contributed by atoms with Crippen molar-refractivity contribution in [2.24, 2.45) is 7.05 Å². The van der Waals surface area contributed by atoms with E-state index in [0.717, 1.165) is 59.8 Å². The van der Waals surface area contributed by atoms with Crippen molar-refractivity contribution in [1.29, 1.82) is 0 Å². The number of rotatable bonds is 4. The predicted molar refractivity (Wildman–Crippen MR) is 137 cm³/mol. The Kier molecular flexibility index (Phi) is 6.46. The fourth-order valence-electron chi connectivity index (χ4n) is 5.78. The van der Waals surface area contributed by atoms with Crippen molar-refractivity contribution in [3.8, 4) is 11.1 Å². The Balaban J connectivity index is 1.47. The first kappa shape index (κ1) is 24.7. The number of aryl methyl sites for hydroxylation is 2. The molecular weight excluding hydrogens is 492 g/mol.